The van der Waals surface area contributed by atoms with Crippen LogP contribution in [0.25, 0.3) is 6.08 Å². The van der Waals surface area contributed by atoms with Crippen molar-refractivity contribution < 1.29 is 67.2 Å². The lowest BCUT2D eigenvalue weighted by Gasteiger charge is -2.64. The Morgan fingerprint density at radius 3 is 2.41 bits per heavy atom. The van der Waals surface area contributed by atoms with Gasteiger partial charge in [-0.2, -0.15) is 0 Å². The Labute approximate surface area is 436 Å². The predicted molar refractivity (Wildman–Crippen MR) is 273 cm³/mol. The summed E-state index contributed by atoms with van der Waals surface area (Å²) in [6.45, 7) is 19.4. The topological polar surface area (TPSA) is 205 Å². The molecule has 1 spiro atoms. The minimum absolute atomic E-state index is 0.0258. The van der Waals surface area contributed by atoms with E-state index in [1.807, 2.05) is 57.5 Å². The van der Waals surface area contributed by atoms with Crippen molar-refractivity contribution >= 4 is 35.5 Å². The van der Waals surface area contributed by atoms with Crippen LogP contribution in [0.1, 0.15) is 128 Å². The van der Waals surface area contributed by atoms with Crippen molar-refractivity contribution in [1.29, 1.82) is 0 Å². The Bertz CT molecular complexity index is 3030. The number of aliphatic hydroxyl groups is 2. The van der Waals surface area contributed by atoms with Crippen molar-refractivity contribution in [3.8, 4) is 23.0 Å². The van der Waals surface area contributed by atoms with Gasteiger partial charge in [0.15, 0.2) is 28.5 Å². The number of allylic oxidation sites excluding steroid dienone is 4. The summed E-state index contributed by atoms with van der Waals surface area (Å²) in [5, 5.41) is 22.1. The molecule has 12 rings (SSSR count). The molecule has 12 atom stereocenters. The molecule has 1 aromatic heterocycles. The van der Waals surface area contributed by atoms with Crippen molar-refractivity contribution in [2.24, 2.45) is 22.7 Å². The first-order valence-corrected chi connectivity index (χ1v) is 26.0. The van der Waals surface area contributed by atoms with E-state index in [4.69, 9.17) is 52.6 Å². The van der Waals surface area contributed by atoms with E-state index in [0.717, 1.165) is 12.0 Å². The van der Waals surface area contributed by atoms with Crippen LogP contribution in [0.3, 0.4) is 0 Å². The lowest BCUT2D eigenvalue weighted by Crippen LogP contribution is -2.79. The number of Topliss-reactive ketones (excluding diaryl/α,β-unsaturated/α-hetero) is 1. The summed E-state index contributed by atoms with van der Waals surface area (Å²) in [6.07, 6.45) is 10.2. The van der Waals surface area contributed by atoms with Crippen LogP contribution in [-0.2, 0) is 39.7 Å². The van der Waals surface area contributed by atoms with Gasteiger partial charge in [-0.1, -0.05) is 29.4 Å². The van der Waals surface area contributed by atoms with Gasteiger partial charge in [0.25, 0.3) is 0 Å². The zero-order valence-corrected chi connectivity index (χ0v) is 44.4. The molecule has 75 heavy (non-hydrogen) atoms. The van der Waals surface area contributed by atoms with E-state index in [2.05, 4.69) is 26.0 Å². The van der Waals surface area contributed by atoms with Gasteiger partial charge in [-0.25, -0.2) is 19.6 Å². The maximum absolute atomic E-state index is 15.7. The smallest absolute Gasteiger partial charge is 0.343 e. The molecule has 3 saturated carbocycles. The molecular weight excluding hydrogens is 963 g/mol. The molecule has 3 saturated heterocycles. The molecule has 6 fully saturated rings. The average Bonchev–Trinajstić information content (AvgIpc) is 4.09. The van der Waals surface area contributed by atoms with Gasteiger partial charge in [0.2, 0.25) is 12.2 Å². The first-order valence-electron chi connectivity index (χ1n) is 26.0. The third-order valence-electron chi connectivity index (χ3n) is 16.6. The second-order valence-electron chi connectivity index (χ2n) is 23.0. The number of fused-ring (bicyclic) bond motifs is 5. The van der Waals surface area contributed by atoms with Gasteiger partial charge in [-0.3, -0.25) is 4.79 Å². The molecule has 0 amide bonds. The number of aliphatic hydroxyl groups excluding tert-OH is 2. The summed E-state index contributed by atoms with van der Waals surface area (Å²) in [5.74, 6) is -2.20. The molecule has 5 unspecified atom stereocenters. The molecule has 6 aliphatic heterocycles. The molecule has 0 radical (unpaired) electrons. The van der Waals surface area contributed by atoms with Gasteiger partial charge in [-0.15, -0.1) is 0 Å². The van der Waals surface area contributed by atoms with E-state index < -0.39 is 88.7 Å². The Morgan fingerprint density at radius 1 is 0.947 bits per heavy atom. The number of benzene rings is 2. The van der Waals surface area contributed by atoms with E-state index >= 15 is 4.79 Å². The van der Waals surface area contributed by atoms with Crippen molar-refractivity contribution in [1.82, 2.24) is 9.55 Å². The van der Waals surface area contributed by atoms with Crippen LogP contribution >= 0.6 is 0 Å². The number of ether oxygens (including phenoxy) is 9. The normalized spacial score (nSPS) is 33.7. The number of hydrogen-bond donors (Lipinski definition) is 2. The molecule has 17 nitrogen and oxygen atoms in total. The largest absolute Gasteiger partial charge is 0.482 e. The van der Waals surface area contributed by atoms with Gasteiger partial charge in [0.05, 0.1) is 53.7 Å². The molecule has 3 aromatic rings. The lowest BCUT2D eigenvalue weighted by atomic mass is 9.44. The Morgan fingerprint density at radius 2 is 1.69 bits per heavy atom. The summed E-state index contributed by atoms with van der Waals surface area (Å²) in [4.78, 5) is 53.7. The highest BCUT2D eigenvalue weighted by Crippen LogP contribution is 2.73. The summed E-state index contributed by atoms with van der Waals surface area (Å²) >= 11 is 0. The van der Waals surface area contributed by atoms with Crippen LogP contribution in [0.2, 0.25) is 0 Å². The monoisotopic (exact) mass is 1030 g/mol. The fourth-order valence-electron chi connectivity index (χ4n) is 13.1. The summed E-state index contributed by atoms with van der Waals surface area (Å²) in [7, 11) is 1.32. The van der Waals surface area contributed by atoms with Crippen LogP contribution < -0.4 is 18.9 Å². The number of imidazole rings is 1. The van der Waals surface area contributed by atoms with Crippen molar-refractivity contribution in [3.05, 3.63) is 99.9 Å². The number of aliphatic imine (C=N–C) groups is 1. The van der Waals surface area contributed by atoms with Gasteiger partial charge >= 0.3 is 11.9 Å². The molecule has 398 valence electrons. The number of methoxy groups -OCH3 is 1. The van der Waals surface area contributed by atoms with Gasteiger partial charge < -0.3 is 57.4 Å². The molecular formula is C58H67N3O14. The number of carbonyl (C=O) groups is 3. The van der Waals surface area contributed by atoms with Crippen molar-refractivity contribution in [2.75, 3.05) is 13.7 Å². The van der Waals surface area contributed by atoms with E-state index in [1.165, 1.54) is 12.7 Å². The van der Waals surface area contributed by atoms with E-state index in [0.29, 0.717) is 64.7 Å². The number of esters is 2. The maximum atomic E-state index is 15.7. The molecule has 4 bridgehead atoms. The maximum Gasteiger partial charge on any atom is 0.343 e. The number of nitrogens with zero attached hydrogens (tertiary/aromatic N) is 3. The fraction of sp³-hybridized carbons (Fsp3) is 0.534. The van der Waals surface area contributed by atoms with Gasteiger partial charge in [0, 0.05) is 41.8 Å². The predicted octanol–water partition coefficient (Wildman–Crippen LogP) is 8.20. The third kappa shape index (κ3) is 8.05. The minimum Gasteiger partial charge on any atom is -0.482 e. The summed E-state index contributed by atoms with van der Waals surface area (Å²) in [5.41, 5.74) is 0.277. The van der Waals surface area contributed by atoms with Gasteiger partial charge in [0.1, 0.15) is 47.3 Å². The summed E-state index contributed by atoms with van der Waals surface area (Å²) in [6, 6.07) is 5.71. The Kier molecular flexibility index (Phi) is 12.3. The number of rotatable bonds is 12. The highest BCUT2D eigenvalue weighted by atomic mass is 16.8. The standard InChI is InChI=1S/C58H67N3O14/c1-29(2)13-12-22-56(10)23-21-35-45(73-56)34(19-14-30(3)4)47-39(46(35)71-51(66)32-15-17-33(18-16-32)69-52-44(63)43(62)48-37(70-52)28-68-55(8,9)72-48)41-40-42(61-26-25-59-53(61)60-41)36-27-38-54(6,7)75-57(49(36)64,58(38,40)74-47)24-20-31(5)50(65)67-11/h13-18,20-21,23,25-26,36-38,40,42-44,48,52,62-63H,12,19,22,24,27-28H2,1-11H3/t36-,37+,38+,40?,42?,43+,44+,48+,52+,56?,57?,58?/m0/s1. The number of hydrogen-bond acceptors (Lipinski definition) is 16. The molecule has 2 N–H and O–H groups in total. The highest BCUT2D eigenvalue weighted by Gasteiger charge is 2.85. The molecule has 3 aliphatic carbocycles. The fourth-order valence-corrected chi connectivity index (χ4v) is 13.1. The molecule has 7 heterocycles. The SMILES string of the molecule is COC(=O)C(C)=CCC12OC(C)(C)[C@H]3C[C@H](C1=O)C1C4C(=Nc5nccn51)c1c(OC(=O)c5ccc(O[C@@H]6O[C@@H]7COC(C)(C)O[C@H]7[C@H](O)[C@H]6O)cc5)c5c(c(CC=C(C)C)c1OC432)OC(C)(CCC=C(C)C)C=C5. The van der Waals surface area contributed by atoms with Gasteiger partial charge in [-0.05, 0) is 131 Å². The average molecular weight is 1030 g/mol. The van der Waals surface area contributed by atoms with E-state index in [-0.39, 0.29) is 41.8 Å². The minimum atomic E-state index is -1.59. The lowest BCUT2D eigenvalue weighted by molar-refractivity contribution is -0.373. The molecule has 9 aliphatic rings. The first kappa shape index (κ1) is 51.2. The molecule has 2 aromatic carbocycles. The Hall–Kier alpha value is -5.95. The second kappa shape index (κ2) is 18.1. The van der Waals surface area contributed by atoms with Crippen LogP contribution in [0.5, 0.6) is 23.0 Å². The number of aromatic nitrogens is 2. The van der Waals surface area contributed by atoms with E-state index in [1.54, 1.807) is 57.3 Å². The zero-order valence-electron chi connectivity index (χ0n) is 44.4. The van der Waals surface area contributed by atoms with Crippen LogP contribution in [-0.4, -0.2) is 116 Å². The van der Waals surface area contributed by atoms with Crippen LogP contribution in [0.15, 0.2) is 82.7 Å². The number of ketones is 1. The molecule has 17 heteroatoms. The van der Waals surface area contributed by atoms with Crippen molar-refractivity contribution in [3.63, 3.8) is 0 Å². The zero-order chi connectivity index (χ0) is 53.3. The highest BCUT2D eigenvalue weighted by molar-refractivity contribution is 6.15. The first-order chi connectivity index (χ1) is 35.5. The second-order valence-corrected chi connectivity index (χ2v) is 23.0. The number of carbonyl (C=O) groups excluding carboxylic acids is 3. The third-order valence-corrected chi connectivity index (χ3v) is 16.6. The van der Waals surface area contributed by atoms with Crippen LogP contribution in [0.4, 0.5) is 5.95 Å². The van der Waals surface area contributed by atoms with E-state index in [9.17, 15) is 19.8 Å². The van der Waals surface area contributed by atoms with Crippen LogP contribution in [0, 0.1) is 17.8 Å². The Balaban J connectivity index is 1.06. The summed E-state index contributed by atoms with van der Waals surface area (Å²) < 4.78 is 59.9. The quantitative estimate of drug-likeness (QED) is 0.0760. The van der Waals surface area contributed by atoms with Crippen molar-refractivity contribution in [2.45, 2.75) is 166 Å².